The third-order valence-electron chi connectivity index (χ3n) is 2.21. The number of anilines is 1. The molecule has 0 saturated carbocycles. The monoisotopic (exact) mass is 248 g/mol. The third kappa shape index (κ3) is 3.75. The summed E-state index contributed by atoms with van der Waals surface area (Å²) in [6.07, 6.45) is 0.504. The minimum absolute atomic E-state index is 0.0515. The molecule has 1 rings (SSSR count). The van der Waals surface area contributed by atoms with E-state index in [0.717, 1.165) is 0 Å². The van der Waals surface area contributed by atoms with Gasteiger partial charge in [0.1, 0.15) is 6.04 Å². The number of carbonyl (C=O) groups excluding carboxylic acids is 1. The van der Waals surface area contributed by atoms with Gasteiger partial charge in [0, 0.05) is 17.8 Å². The second-order valence-corrected chi connectivity index (χ2v) is 3.49. The molecular weight excluding hydrogens is 236 g/mol. The summed E-state index contributed by atoms with van der Waals surface area (Å²) < 4.78 is 0. The fraction of sp³-hybridized carbons (Fsp3) is 0.273. The minimum Gasteiger partial charge on any atom is -0.322 e. The molecule has 0 heterocycles. The molecule has 1 aromatic carbocycles. The van der Waals surface area contributed by atoms with Gasteiger partial charge in [-0.15, -0.1) is 0 Å². The average Bonchev–Trinajstić information content (AvgIpc) is 2.36. The van der Waals surface area contributed by atoms with E-state index in [1.807, 2.05) is 6.07 Å². The molecule has 0 aliphatic carbocycles. The zero-order valence-electron chi connectivity index (χ0n) is 9.71. The van der Waals surface area contributed by atoms with Crippen LogP contribution in [0.2, 0.25) is 0 Å². The van der Waals surface area contributed by atoms with Crippen molar-refractivity contribution in [3.8, 4) is 6.07 Å². The predicted molar refractivity (Wildman–Crippen MR) is 64.9 cm³/mol. The molecule has 0 saturated heterocycles. The molecule has 7 nitrogen and oxygen atoms in total. The van der Waals surface area contributed by atoms with Crippen molar-refractivity contribution in [3.05, 3.63) is 34.4 Å². The maximum atomic E-state index is 11.5. The first kappa shape index (κ1) is 13.4. The van der Waals surface area contributed by atoms with Gasteiger partial charge in [0.2, 0.25) is 0 Å². The normalized spacial score (nSPS) is 11.1. The standard InChI is InChI=1S/C11H12N4O3/c1-2-8(7-12)13-11(16)14-9-3-5-10(6-4-9)15(17)18/h3-6,8H,2H2,1H3,(H2,13,14,16). The number of nitro groups is 1. The SMILES string of the molecule is CCC(C#N)NC(=O)Nc1ccc([N+](=O)[O-])cc1. The van der Waals surface area contributed by atoms with Crippen LogP contribution in [0, 0.1) is 21.4 Å². The van der Waals surface area contributed by atoms with Crippen LogP contribution >= 0.6 is 0 Å². The highest BCUT2D eigenvalue weighted by molar-refractivity contribution is 5.89. The van der Waals surface area contributed by atoms with Crippen molar-refractivity contribution < 1.29 is 9.72 Å². The summed E-state index contributed by atoms with van der Waals surface area (Å²) in [5.74, 6) is 0. The van der Waals surface area contributed by atoms with E-state index >= 15 is 0 Å². The van der Waals surface area contributed by atoms with E-state index in [2.05, 4.69) is 10.6 Å². The Morgan fingerprint density at radius 2 is 2.11 bits per heavy atom. The number of amides is 2. The Hall–Kier alpha value is -2.62. The first-order valence-electron chi connectivity index (χ1n) is 5.28. The molecule has 1 aromatic rings. The lowest BCUT2D eigenvalue weighted by molar-refractivity contribution is -0.384. The largest absolute Gasteiger partial charge is 0.322 e. The Bertz CT molecular complexity index is 478. The van der Waals surface area contributed by atoms with Crippen LogP contribution in [0.3, 0.4) is 0 Å². The van der Waals surface area contributed by atoms with Gasteiger partial charge in [0.25, 0.3) is 5.69 Å². The van der Waals surface area contributed by atoms with E-state index in [9.17, 15) is 14.9 Å². The number of nitro benzene ring substituents is 1. The number of rotatable bonds is 4. The number of nitriles is 1. The first-order valence-corrected chi connectivity index (χ1v) is 5.28. The summed E-state index contributed by atoms with van der Waals surface area (Å²) in [6.45, 7) is 1.78. The zero-order chi connectivity index (χ0) is 13.5. The zero-order valence-corrected chi connectivity index (χ0v) is 9.71. The molecule has 0 fully saturated rings. The van der Waals surface area contributed by atoms with E-state index in [1.165, 1.54) is 24.3 Å². The van der Waals surface area contributed by atoms with E-state index in [-0.39, 0.29) is 5.69 Å². The molecule has 18 heavy (non-hydrogen) atoms. The number of hydrogen-bond acceptors (Lipinski definition) is 4. The smallest absolute Gasteiger partial charge is 0.320 e. The van der Waals surface area contributed by atoms with Crippen molar-refractivity contribution in [3.63, 3.8) is 0 Å². The van der Waals surface area contributed by atoms with Crippen molar-refractivity contribution in [1.29, 1.82) is 5.26 Å². The Balaban J connectivity index is 2.60. The number of hydrogen-bond donors (Lipinski definition) is 2. The maximum absolute atomic E-state index is 11.5. The molecule has 1 atom stereocenters. The van der Waals surface area contributed by atoms with Gasteiger partial charge in [0.15, 0.2) is 0 Å². The van der Waals surface area contributed by atoms with Gasteiger partial charge in [0.05, 0.1) is 11.0 Å². The van der Waals surface area contributed by atoms with E-state index < -0.39 is 17.0 Å². The summed E-state index contributed by atoms with van der Waals surface area (Å²) in [6, 6.07) is 6.28. The minimum atomic E-state index is -0.553. The Labute approximate surface area is 104 Å². The fourth-order valence-corrected chi connectivity index (χ4v) is 1.22. The van der Waals surface area contributed by atoms with Crippen LogP contribution in [0.25, 0.3) is 0 Å². The second-order valence-electron chi connectivity index (χ2n) is 3.49. The van der Waals surface area contributed by atoms with Gasteiger partial charge >= 0.3 is 6.03 Å². The van der Waals surface area contributed by atoms with Gasteiger partial charge in [-0.3, -0.25) is 10.1 Å². The summed E-state index contributed by atoms with van der Waals surface area (Å²) in [7, 11) is 0. The van der Waals surface area contributed by atoms with E-state index in [1.54, 1.807) is 6.92 Å². The molecular formula is C11H12N4O3. The van der Waals surface area contributed by atoms with Gasteiger partial charge in [-0.1, -0.05) is 6.92 Å². The lowest BCUT2D eigenvalue weighted by Crippen LogP contribution is -2.36. The number of carbonyl (C=O) groups is 1. The van der Waals surface area contributed by atoms with Gasteiger partial charge in [-0.05, 0) is 18.6 Å². The molecule has 1 unspecified atom stereocenters. The lowest BCUT2D eigenvalue weighted by atomic mass is 10.2. The second kappa shape index (κ2) is 6.20. The maximum Gasteiger partial charge on any atom is 0.320 e. The van der Waals surface area contributed by atoms with Crippen molar-refractivity contribution in [2.45, 2.75) is 19.4 Å². The molecule has 2 amide bonds. The molecule has 2 N–H and O–H groups in total. The molecule has 0 aromatic heterocycles. The van der Waals surface area contributed by atoms with Crippen molar-refractivity contribution in [2.75, 3.05) is 5.32 Å². The van der Waals surface area contributed by atoms with Crippen LogP contribution in [-0.2, 0) is 0 Å². The number of nitrogens with zero attached hydrogens (tertiary/aromatic N) is 2. The molecule has 94 valence electrons. The number of non-ortho nitro benzene ring substituents is 1. The van der Waals surface area contributed by atoms with Crippen molar-refractivity contribution in [2.24, 2.45) is 0 Å². The Morgan fingerprint density at radius 1 is 1.50 bits per heavy atom. The summed E-state index contributed by atoms with van der Waals surface area (Å²) >= 11 is 0. The molecule has 0 radical (unpaired) electrons. The van der Waals surface area contributed by atoms with E-state index in [4.69, 9.17) is 5.26 Å². The van der Waals surface area contributed by atoms with Crippen LogP contribution in [0.4, 0.5) is 16.2 Å². The molecule has 7 heteroatoms. The van der Waals surface area contributed by atoms with Crippen molar-refractivity contribution in [1.82, 2.24) is 5.32 Å². The molecule has 0 aliphatic rings. The number of urea groups is 1. The van der Waals surface area contributed by atoms with Crippen LogP contribution < -0.4 is 10.6 Å². The van der Waals surface area contributed by atoms with Gasteiger partial charge < -0.3 is 10.6 Å². The highest BCUT2D eigenvalue weighted by atomic mass is 16.6. The third-order valence-corrected chi connectivity index (χ3v) is 2.21. The topological polar surface area (TPSA) is 108 Å². The Morgan fingerprint density at radius 3 is 2.56 bits per heavy atom. The summed E-state index contributed by atoms with van der Waals surface area (Å²) in [5, 5.41) is 24.0. The predicted octanol–water partition coefficient (Wildman–Crippen LogP) is 2.02. The number of benzene rings is 1. The molecule has 0 bridgehead atoms. The summed E-state index contributed by atoms with van der Waals surface area (Å²) in [4.78, 5) is 21.4. The van der Waals surface area contributed by atoms with Gasteiger partial charge in [-0.2, -0.15) is 5.26 Å². The fourth-order valence-electron chi connectivity index (χ4n) is 1.22. The lowest BCUT2D eigenvalue weighted by Gasteiger charge is -2.10. The highest BCUT2D eigenvalue weighted by Gasteiger charge is 2.09. The quantitative estimate of drug-likeness (QED) is 0.627. The first-order chi connectivity index (χ1) is 8.56. The van der Waals surface area contributed by atoms with Crippen LogP contribution in [0.5, 0.6) is 0 Å². The highest BCUT2D eigenvalue weighted by Crippen LogP contribution is 2.15. The van der Waals surface area contributed by atoms with Crippen molar-refractivity contribution >= 4 is 17.4 Å². The van der Waals surface area contributed by atoms with Gasteiger partial charge in [-0.25, -0.2) is 4.79 Å². The van der Waals surface area contributed by atoms with Crippen LogP contribution in [-0.4, -0.2) is 17.0 Å². The van der Waals surface area contributed by atoms with Crippen LogP contribution in [0.1, 0.15) is 13.3 Å². The Kier molecular flexibility index (Phi) is 4.63. The number of nitrogens with one attached hydrogen (secondary N) is 2. The molecule has 0 spiro atoms. The average molecular weight is 248 g/mol. The molecule has 0 aliphatic heterocycles. The van der Waals surface area contributed by atoms with E-state index in [0.29, 0.717) is 12.1 Å². The summed E-state index contributed by atoms with van der Waals surface area (Å²) in [5.41, 5.74) is 0.371. The van der Waals surface area contributed by atoms with Crippen LogP contribution in [0.15, 0.2) is 24.3 Å².